The molecule has 2 unspecified atom stereocenters. The van der Waals surface area contributed by atoms with E-state index in [0.717, 1.165) is 24.2 Å². The van der Waals surface area contributed by atoms with Gasteiger partial charge in [-0.05, 0) is 37.1 Å². The highest BCUT2D eigenvalue weighted by Crippen LogP contribution is 2.51. The van der Waals surface area contributed by atoms with Gasteiger partial charge in [0.2, 0.25) is 11.8 Å². The van der Waals surface area contributed by atoms with Crippen molar-refractivity contribution < 1.29 is 14.4 Å². The number of carbonyl (C=O) groups is 3. The van der Waals surface area contributed by atoms with Crippen LogP contribution in [-0.4, -0.2) is 29.0 Å². The molecule has 1 heterocycles. The maximum atomic E-state index is 12.9. The van der Waals surface area contributed by atoms with E-state index in [0.29, 0.717) is 23.4 Å². The molecule has 0 bridgehead atoms. The van der Waals surface area contributed by atoms with E-state index in [9.17, 15) is 24.9 Å². The first kappa shape index (κ1) is 19.1. The van der Waals surface area contributed by atoms with E-state index in [4.69, 9.17) is 11.6 Å². The molecule has 1 aliphatic carbocycles. The number of likely N-dealkylation sites (tertiary alicyclic amines) is 1. The van der Waals surface area contributed by atoms with E-state index in [2.05, 4.69) is 0 Å². The minimum atomic E-state index is -1.09. The van der Waals surface area contributed by atoms with E-state index in [1.807, 2.05) is 12.1 Å². The summed E-state index contributed by atoms with van der Waals surface area (Å²) in [5, 5.41) is 19.8. The third kappa shape index (κ3) is 3.22. The second kappa shape index (κ2) is 7.50. The van der Waals surface area contributed by atoms with Gasteiger partial charge in [0.15, 0.2) is 5.78 Å². The summed E-state index contributed by atoms with van der Waals surface area (Å²) in [6.07, 6.45) is 3.51. The molecular formula is C20H18ClN3O3. The quantitative estimate of drug-likeness (QED) is 0.589. The van der Waals surface area contributed by atoms with E-state index in [1.165, 1.54) is 12.1 Å². The largest absolute Gasteiger partial charge is 0.292 e. The van der Waals surface area contributed by atoms with Crippen LogP contribution in [0, 0.1) is 39.9 Å². The summed E-state index contributed by atoms with van der Waals surface area (Å²) in [5.74, 6) is -3.95. The van der Waals surface area contributed by atoms with Crippen molar-refractivity contribution in [3.63, 3.8) is 0 Å². The SMILES string of the molecule is N#CC1C(=O)N(CC(=O)c2ccc(Cl)cc2)C(=O)C(C#N)C12CCCCC2. The first-order chi connectivity index (χ1) is 12.9. The van der Waals surface area contributed by atoms with Crippen LogP contribution in [0.2, 0.25) is 5.02 Å². The zero-order valence-corrected chi connectivity index (χ0v) is 15.4. The molecule has 0 radical (unpaired) electrons. The topological polar surface area (TPSA) is 102 Å². The number of hydrogen-bond donors (Lipinski definition) is 0. The van der Waals surface area contributed by atoms with Crippen molar-refractivity contribution in [2.75, 3.05) is 6.54 Å². The molecule has 2 atom stereocenters. The molecule has 1 aliphatic heterocycles. The minimum Gasteiger partial charge on any atom is -0.292 e. The zero-order chi connectivity index (χ0) is 19.6. The van der Waals surface area contributed by atoms with Crippen LogP contribution < -0.4 is 0 Å². The van der Waals surface area contributed by atoms with Crippen LogP contribution in [0.15, 0.2) is 24.3 Å². The lowest BCUT2D eigenvalue weighted by Gasteiger charge is -2.47. The summed E-state index contributed by atoms with van der Waals surface area (Å²) in [6, 6.07) is 10.2. The molecule has 0 aromatic heterocycles. The number of Topliss-reactive ketones (excluding diaryl/α,β-unsaturated/α-hetero) is 1. The first-order valence-corrected chi connectivity index (χ1v) is 9.25. The zero-order valence-electron chi connectivity index (χ0n) is 14.7. The summed E-state index contributed by atoms with van der Waals surface area (Å²) in [4.78, 5) is 39.2. The molecule has 0 N–H and O–H groups in total. The molecule has 1 aromatic carbocycles. The Kier molecular flexibility index (Phi) is 5.30. The Morgan fingerprint density at radius 2 is 1.56 bits per heavy atom. The summed E-state index contributed by atoms with van der Waals surface area (Å²) in [6.45, 7) is -0.480. The molecule has 1 spiro atoms. The Labute approximate surface area is 162 Å². The number of rotatable bonds is 3. The Bertz CT molecular complexity index is 824. The van der Waals surface area contributed by atoms with Gasteiger partial charge in [-0.1, -0.05) is 30.9 Å². The van der Waals surface area contributed by atoms with Crippen LogP contribution in [0.3, 0.4) is 0 Å². The van der Waals surface area contributed by atoms with E-state index < -0.39 is 41.4 Å². The number of hydrogen-bond acceptors (Lipinski definition) is 5. The van der Waals surface area contributed by atoms with Crippen LogP contribution in [0.4, 0.5) is 0 Å². The van der Waals surface area contributed by atoms with Gasteiger partial charge in [-0.2, -0.15) is 10.5 Å². The Morgan fingerprint density at radius 1 is 1.04 bits per heavy atom. The van der Waals surface area contributed by atoms with Crippen molar-refractivity contribution in [3.05, 3.63) is 34.9 Å². The molecule has 7 heteroatoms. The number of halogens is 1. The highest BCUT2D eigenvalue weighted by molar-refractivity contribution is 6.30. The number of nitrogens with zero attached hydrogens (tertiary/aromatic N) is 3. The molecule has 1 aromatic rings. The number of carbonyl (C=O) groups excluding carboxylic acids is 3. The average Bonchev–Trinajstić information content (AvgIpc) is 2.67. The standard InChI is InChI=1S/C20H18ClN3O3/c21-14-6-4-13(5-7-14)17(25)12-24-18(26)15(10-22)20(8-2-1-3-9-20)16(11-23)19(24)27/h4-7,15-16H,1-3,8-9,12H2. The number of piperidine rings is 1. The van der Waals surface area contributed by atoms with Gasteiger partial charge in [-0.25, -0.2) is 0 Å². The van der Waals surface area contributed by atoms with Gasteiger partial charge in [0, 0.05) is 16.0 Å². The maximum absolute atomic E-state index is 12.9. The number of ketones is 1. The Hall–Kier alpha value is -2.70. The van der Waals surface area contributed by atoms with Gasteiger partial charge in [-0.15, -0.1) is 0 Å². The monoisotopic (exact) mass is 383 g/mol. The highest BCUT2D eigenvalue weighted by Gasteiger charge is 2.59. The molecule has 1 saturated carbocycles. The summed E-state index contributed by atoms with van der Waals surface area (Å²) >= 11 is 5.81. The lowest BCUT2D eigenvalue weighted by Crippen LogP contribution is -2.60. The van der Waals surface area contributed by atoms with E-state index >= 15 is 0 Å². The number of nitriles is 2. The van der Waals surface area contributed by atoms with Crippen LogP contribution in [-0.2, 0) is 9.59 Å². The van der Waals surface area contributed by atoms with Crippen molar-refractivity contribution in [2.24, 2.45) is 17.3 Å². The predicted molar refractivity (Wildman–Crippen MR) is 96.2 cm³/mol. The number of imide groups is 1. The molecule has 6 nitrogen and oxygen atoms in total. The Balaban J connectivity index is 1.91. The van der Waals surface area contributed by atoms with Crippen LogP contribution in [0.1, 0.15) is 42.5 Å². The van der Waals surface area contributed by atoms with Crippen LogP contribution in [0.25, 0.3) is 0 Å². The van der Waals surface area contributed by atoms with Crippen molar-refractivity contribution >= 4 is 29.2 Å². The van der Waals surface area contributed by atoms with Gasteiger partial charge in [0.05, 0.1) is 18.7 Å². The Morgan fingerprint density at radius 3 is 2.04 bits per heavy atom. The summed E-state index contributed by atoms with van der Waals surface area (Å²) < 4.78 is 0. The van der Waals surface area contributed by atoms with E-state index in [-0.39, 0.29) is 0 Å². The van der Waals surface area contributed by atoms with Crippen LogP contribution in [0.5, 0.6) is 0 Å². The fourth-order valence-electron chi connectivity index (χ4n) is 4.26. The fourth-order valence-corrected chi connectivity index (χ4v) is 4.39. The van der Waals surface area contributed by atoms with Crippen molar-refractivity contribution in [3.8, 4) is 12.1 Å². The number of benzene rings is 1. The van der Waals surface area contributed by atoms with Gasteiger partial charge in [0.1, 0.15) is 11.8 Å². The molecule has 1 saturated heterocycles. The highest BCUT2D eigenvalue weighted by atomic mass is 35.5. The third-order valence-corrected chi connectivity index (χ3v) is 5.94. The maximum Gasteiger partial charge on any atom is 0.247 e. The molecule has 2 aliphatic rings. The minimum absolute atomic E-state index is 0.306. The van der Waals surface area contributed by atoms with Gasteiger partial charge < -0.3 is 0 Å². The predicted octanol–water partition coefficient (Wildman–Crippen LogP) is 3.12. The smallest absolute Gasteiger partial charge is 0.247 e. The van der Waals surface area contributed by atoms with Crippen molar-refractivity contribution in [1.82, 2.24) is 4.90 Å². The second-order valence-corrected chi connectivity index (χ2v) is 7.55. The lowest BCUT2D eigenvalue weighted by molar-refractivity contribution is -0.162. The fraction of sp³-hybridized carbons (Fsp3) is 0.450. The second-order valence-electron chi connectivity index (χ2n) is 7.11. The normalized spacial score (nSPS) is 24.3. The molecule has 3 rings (SSSR count). The molecule has 27 heavy (non-hydrogen) atoms. The molecule has 138 valence electrons. The van der Waals surface area contributed by atoms with Crippen molar-refractivity contribution in [1.29, 1.82) is 10.5 Å². The molecular weight excluding hydrogens is 366 g/mol. The summed E-state index contributed by atoms with van der Waals surface area (Å²) in [5.41, 5.74) is -0.629. The molecule has 2 amide bonds. The van der Waals surface area contributed by atoms with Gasteiger partial charge >= 0.3 is 0 Å². The number of amides is 2. The van der Waals surface area contributed by atoms with Gasteiger partial charge in [0.25, 0.3) is 0 Å². The van der Waals surface area contributed by atoms with E-state index in [1.54, 1.807) is 12.1 Å². The summed E-state index contributed by atoms with van der Waals surface area (Å²) in [7, 11) is 0. The third-order valence-electron chi connectivity index (χ3n) is 5.69. The van der Waals surface area contributed by atoms with Gasteiger partial charge in [-0.3, -0.25) is 19.3 Å². The van der Waals surface area contributed by atoms with Crippen molar-refractivity contribution in [2.45, 2.75) is 32.1 Å². The average molecular weight is 384 g/mol. The first-order valence-electron chi connectivity index (χ1n) is 8.88. The lowest BCUT2D eigenvalue weighted by atomic mass is 9.57. The van der Waals surface area contributed by atoms with Crippen LogP contribution >= 0.6 is 11.6 Å². The molecule has 2 fully saturated rings.